The normalized spacial score (nSPS) is 10.6. The quantitative estimate of drug-likeness (QED) is 0.914. The minimum absolute atomic E-state index is 0.124. The predicted octanol–water partition coefficient (Wildman–Crippen LogP) is 3.23. The van der Waals surface area contributed by atoms with E-state index in [2.05, 4.69) is 10.3 Å². The maximum Gasteiger partial charge on any atom is 0.261 e. The van der Waals surface area contributed by atoms with Gasteiger partial charge in [-0.3, -0.25) is 4.79 Å². The fraction of sp³-hybridized carbons (Fsp3) is 0.286. The molecular formula is C14H16ClN3OS. The molecule has 20 heavy (non-hydrogen) atoms. The second-order valence-corrected chi connectivity index (χ2v) is 6.29. The number of pyridine rings is 1. The Kier molecular flexibility index (Phi) is 4.30. The number of hydrogen-bond acceptors (Lipinski definition) is 4. The first-order valence-electron chi connectivity index (χ1n) is 6.15. The minimum atomic E-state index is -0.124. The van der Waals surface area contributed by atoms with Crippen LogP contribution >= 0.6 is 22.9 Å². The lowest BCUT2D eigenvalue weighted by Gasteiger charge is -2.10. The first-order chi connectivity index (χ1) is 9.38. The van der Waals surface area contributed by atoms with Gasteiger partial charge in [0.25, 0.3) is 5.91 Å². The molecular weight excluding hydrogens is 294 g/mol. The van der Waals surface area contributed by atoms with Gasteiger partial charge in [0.2, 0.25) is 0 Å². The van der Waals surface area contributed by atoms with Gasteiger partial charge in [0.1, 0.15) is 5.82 Å². The number of aryl methyl sites for hydroxylation is 3. The summed E-state index contributed by atoms with van der Waals surface area (Å²) in [6, 6.07) is 3.50. The summed E-state index contributed by atoms with van der Waals surface area (Å²) in [5.41, 5.74) is 8.54. The minimum Gasteiger partial charge on any atom is -0.384 e. The van der Waals surface area contributed by atoms with E-state index < -0.39 is 0 Å². The summed E-state index contributed by atoms with van der Waals surface area (Å²) in [6.45, 7) is 6.16. The highest BCUT2D eigenvalue weighted by Gasteiger charge is 2.12. The molecule has 0 spiro atoms. The number of nitrogen functional groups attached to an aromatic ring is 1. The largest absolute Gasteiger partial charge is 0.384 e. The molecule has 0 saturated heterocycles. The molecule has 0 aromatic carbocycles. The molecule has 1 amide bonds. The van der Waals surface area contributed by atoms with E-state index in [-0.39, 0.29) is 5.91 Å². The summed E-state index contributed by atoms with van der Waals surface area (Å²) in [6.07, 6.45) is 0. The van der Waals surface area contributed by atoms with Gasteiger partial charge in [0.05, 0.1) is 9.90 Å². The van der Waals surface area contributed by atoms with Crippen molar-refractivity contribution >= 4 is 34.7 Å². The van der Waals surface area contributed by atoms with Gasteiger partial charge in [-0.25, -0.2) is 4.98 Å². The molecule has 0 aliphatic heterocycles. The monoisotopic (exact) mass is 309 g/mol. The Labute approximate surface area is 127 Å². The van der Waals surface area contributed by atoms with Crippen molar-refractivity contribution in [2.45, 2.75) is 27.3 Å². The van der Waals surface area contributed by atoms with Crippen molar-refractivity contribution in [2.75, 3.05) is 5.73 Å². The summed E-state index contributed by atoms with van der Waals surface area (Å²) in [7, 11) is 0. The molecule has 4 nitrogen and oxygen atoms in total. The van der Waals surface area contributed by atoms with Crippen molar-refractivity contribution in [2.24, 2.45) is 0 Å². The molecule has 2 aromatic rings. The Bertz CT molecular complexity index is 624. The zero-order chi connectivity index (χ0) is 14.9. The van der Waals surface area contributed by atoms with Crippen molar-refractivity contribution in [1.82, 2.24) is 10.3 Å². The third-order valence-electron chi connectivity index (χ3n) is 3.08. The Balaban J connectivity index is 2.11. The van der Waals surface area contributed by atoms with Crippen LogP contribution in [0.5, 0.6) is 0 Å². The molecule has 6 heteroatoms. The summed E-state index contributed by atoms with van der Waals surface area (Å²) in [4.78, 5) is 17.8. The second kappa shape index (κ2) is 5.81. The highest BCUT2D eigenvalue weighted by Crippen LogP contribution is 2.25. The van der Waals surface area contributed by atoms with Gasteiger partial charge in [-0.2, -0.15) is 0 Å². The molecule has 3 N–H and O–H groups in total. The number of anilines is 1. The predicted molar refractivity (Wildman–Crippen MR) is 83.4 cm³/mol. The maximum atomic E-state index is 12.1. The van der Waals surface area contributed by atoms with Gasteiger partial charge in [-0.15, -0.1) is 11.3 Å². The fourth-order valence-electron chi connectivity index (χ4n) is 1.98. The number of hydrogen-bond donors (Lipinski definition) is 2. The van der Waals surface area contributed by atoms with Crippen LogP contribution in [0.3, 0.4) is 0 Å². The van der Waals surface area contributed by atoms with Crippen molar-refractivity contribution in [3.05, 3.63) is 43.7 Å². The average Bonchev–Trinajstić information content (AvgIpc) is 2.68. The number of aromatic nitrogens is 1. The van der Waals surface area contributed by atoms with E-state index in [1.165, 1.54) is 11.3 Å². The van der Waals surface area contributed by atoms with Crippen LogP contribution in [-0.4, -0.2) is 10.9 Å². The summed E-state index contributed by atoms with van der Waals surface area (Å²) < 4.78 is 0. The van der Waals surface area contributed by atoms with Crippen LogP contribution < -0.4 is 11.1 Å². The zero-order valence-corrected chi connectivity index (χ0v) is 13.2. The number of carbonyl (C=O) groups excluding carboxylic acids is 1. The number of nitrogens with two attached hydrogens (primary N) is 1. The number of carbonyl (C=O) groups is 1. The molecule has 0 bridgehead atoms. The summed E-state index contributed by atoms with van der Waals surface area (Å²) in [5.74, 6) is 0.372. The van der Waals surface area contributed by atoms with Crippen molar-refractivity contribution < 1.29 is 4.79 Å². The molecule has 2 aromatic heterocycles. The van der Waals surface area contributed by atoms with Crippen LogP contribution in [0, 0.1) is 20.8 Å². The fourth-order valence-corrected chi connectivity index (χ4v) is 3.10. The third kappa shape index (κ3) is 3.11. The van der Waals surface area contributed by atoms with Gasteiger partial charge in [-0.1, -0.05) is 11.6 Å². The molecule has 0 aliphatic rings. The van der Waals surface area contributed by atoms with Crippen molar-refractivity contribution in [3.63, 3.8) is 0 Å². The number of nitrogens with zero attached hydrogens (tertiary/aromatic N) is 1. The lowest BCUT2D eigenvalue weighted by atomic mass is 10.1. The van der Waals surface area contributed by atoms with E-state index in [0.29, 0.717) is 22.3 Å². The maximum absolute atomic E-state index is 12.1. The smallest absolute Gasteiger partial charge is 0.261 e. The number of nitrogens with one attached hydrogen (secondary N) is 1. The standard InChI is InChI=1S/C14H16ClN3OS/c1-7-4-13(16)18-8(2)10(7)6-17-14(19)12-5-11(15)9(3)20-12/h4-5H,6H2,1-3H3,(H2,16,18)(H,17,19). The second-order valence-electron chi connectivity index (χ2n) is 4.63. The average molecular weight is 310 g/mol. The van der Waals surface area contributed by atoms with Gasteiger partial charge in [-0.05, 0) is 44.0 Å². The zero-order valence-electron chi connectivity index (χ0n) is 11.6. The van der Waals surface area contributed by atoms with Crippen LogP contribution in [0.15, 0.2) is 12.1 Å². The molecule has 2 heterocycles. The van der Waals surface area contributed by atoms with Gasteiger partial charge in [0, 0.05) is 17.1 Å². The van der Waals surface area contributed by atoms with Gasteiger partial charge in [0.15, 0.2) is 0 Å². The van der Waals surface area contributed by atoms with E-state index in [0.717, 1.165) is 21.7 Å². The SMILES string of the molecule is Cc1cc(N)nc(C)c1CNC(=O)c1cc(Cl)c(C)s1. The third-order valence-corrected chi connectivity index (χ3v) is 4.63. The lowest BCUT2D eigenvalue weighted by Crippen LogP contribution is -2.23. The first-order valence-corrected chi connectivity index (χ1v) is 7.34. The van der Waals surface area contributed by atoms with E-state index in [1.54, 1.807) is 12.1 Å². The Morgan fingerprint density at radius 3 is 2.65 bits per heavy atom. The molecule has 2 rings (SSSR count). The molecule has 0 unspecified atom stereocenters. The van der Waals surface area contributed by atoms with Crippen LogP contribution in [-0.2, 0) is 6.54 Å². The van der Waals surface area contributed by atoms with Crippen LogP contribution in [0.2, 0.25) is 5.02 Å². The number of amides is 1. The number of rotatable bonds is 3. The number of halogens is 1. The van der Waals surface area contributed by atoms with Crippen molar-refractivity contribution in [1.29, 1.82) is 0 Å². The first kappa shape index (κ1) is 14.8. The van der Waals surface area contributed by atoms with E-state index in [9.17, 15) is 4.79 Å². The van der Waals surface area contributed by atoms with E-state index in [4.69, 9.17) is 17.3 Å². The van der Waals surface area contributed by atoms with Gasteiger partial charge >= 0.3 is 0 Å². The Morgan fingerprint density at radius 2 is 2.10 bits per heavy atom. The van der Waals surface area contributed by atoms with E-state index in [1.807, 2.05) is 20.8 Å². The van der Waals surface area contributed by atoms with Crippen LogP contribution in [0.25, 0.3) is 0 Å². The van der Waals surface area contributed by atoms with Crippen LogP contribution in [0.1, 0.15) is 31.4 Å². The summed E-state index contributed by atoms with van der Waals surface area (Å²) in [5, 5.41) is 3.52. The highest BCUT2D eigenvalue weighted by atomic mass is 35.5. The van der Waals surface area contributed by atoms with Gasteiger partial charge < -0.3 is 11.1 Å². The van der Waals surface area contributed by atoms with E-state index >= 15 is 0 Å². The topological polar surface area (TPSA) is 68.0 Å². The molecule has 0 radical (unpaired) electrons. The molecule has 106 valence electrons. The highest BCUT2D eigenvalue weighted by molar-refractivity contribution is 7.14. The molecule has 0 fully saturated rings. The molecule has 0 aliphatic carbocycles. The number of thiophene rings is 1. The lowest BCUT2D eigenvalue weighted by molar-refractivity contribution is 0.0955. The Hall–Kier alpha value is -1.59. The van der Waals surface area contributed by atoms with Crippen LogP contribution in [0.4, 0.5) is 5.82 Å². The Morgan fingerprint density at radius 1 is 1.40 bits per heavy atom. The molecule has 0 atom stereocenters. The molecule has 0 saturated carbocycles. The van der Waals surface area contributed by atoms with Crippen molar-refractivity contribution in [3.8, 4) is 0 Å². The summed E-state index contributed by atoms with van der Waals surface area (Å²) >= 11 is 7.35.